The van der Waals surface area contributed by atoms with Crippen molar-refractivity contribution in [3.63, 3.8) is 0 Å². The van der Waals surface area contributed by atoms with E-state index in [1.807, 2.05) is 12.3 Å². The van der Waals surface area contributed by atoms with Gasteiger partial charge in [-0.2, -0.15) is 0 Å². The van der Waals surface area contributed by atoms with Crippen molar-refractivity contribution in [3.05, 3.63) is 45.9 Å². The zero-order valence-corrected chi connectivity index (χ0v) is 13.9. The van der Waals surface area contributed by atoms with E-state index in [1.165, 1.54) is 0 Å². The van der Waals surface area contributed by atoms with Crippen molar-refractivity contribution >= 4 is 33.0 Å². The standard InChI is InChI=1S/C14H17N3O3S2/c1-10-16-11(9-21-10)7-8-15-14(18)12-5-3-4-6-13(12)17-22(2,19)20/h3-6,9,17H,7-8H2,1-2H3,(H,15,18). The summed E-state index contributed by atoms with van der Waals surface area (Å²) in [5.74, 6) is -0.321. The number of carbonyl (C=O) groups is 1. The molecule has 0 aliphatic heterocycles. The van der Waals surface area contributed by atoms with Gasteiger partial charge in [0.1, 0.15) is 0 Å². The minimum absolute atomic E-state index is 0.270. The monoisotopic (exact) mass is 339 g/mol. The van der Waals surface area contributed by atoms with Crippen LogP contribution in [0.2, 0.25) is 0 Å². The quantitative estimate of drug-likeness (QED) is 0.840. The Morgan fingerprint density at radius 2 is 2.05 bits per heavy atom. The number of benzene rings is 1. The average molecular weight is 339 g/mol. The summed E-state index contributed by atoms with van der Waals surface area (Å²) >= 11 is 1.57. The average Bonchev–Trinajstić information content (AvgIpc) is 2.83. The van der Waals surface area contributed by atoms with Crippen LogP contribution in [0.4, 0.5) is 5.69 Å². The summed E-state index contributed by atoms with van der Waals surface area (Å²) in [6.45, 7) is 2.37. The summed E-state index contributed by atoms with van der Waals surface area (Å²) < 4.78 is 25.0. The second-order valence-corrected chi connectivity index (χ2v) is 7.59. The number of hydrogen-bond donors (Lipinski definition) is 2. The van der Waals surface area contributed by atoms with E-state index < -0.39 is 10.0 Å². The van der Waals surface area contributed by atoms with Crippen molar-refractivity contribution in [2.24, 2.45) is 0 Å². The van der Waals surface area contributed by atoms with E-state index in [2.05, 4.69) is 15.0 Å². The maximum atomic E-state index is 12.2. The Morgan fingerprint density at radius 1 is 1.32 bits per heavy atom. The van der Waals surface area contributed by atoms with Gasteiger partial charge in [-0.05, 0) is 19.1 Å². The summed E-state index contributed by atoms with van der Waals surface area (Å²) in [7, 11) is -3.43. The first-order valence-corrected chi connectivity index (χ1v) is 9.38. The first-order valence-electron chi connectivity index (χ1n) is 6.61. The van der Waals surface area contributed by atoms with Gasteiger partial charge in [0.05, 0.1) is 28.2 Å². The number of sulfonamides is 1. The van der Waals surface area contributed by atoms with E-state index in [-0.39, 0.29) is 11.6 Å². The predicted octanol–water partition coefficient (Wildman–Crippen LogP) is 1.80. The van der Waals surface area contributed by atoms with Gasteiger partial charge in [0, 0.05) is 18.3 Å². The van der Waals surface area contributed by atoms with Crippen molar-refractivity contribution in [2.45, 2.75) is 13.3 Å². The Morgan fingerprint density at radius 3 is 2.68 bits per heavy atom. The molecule has 8 heteroatoms. The Labute approximate surface area is 133 Å². The molecule has 6 nitrogen and oxygen atoms in total. The molecule has 0 aliphatic carbocycles. The molecule has 118 valence electrons. The summed E-state index contributed by atoms with van der Waals surface area (Å²) in [5, 5.41) is 5.72. The first kappa shape index (κ1) is 16.4. The summed E-state index contributed by atoms with van der Waals surface area (Å²) in [4.78, 5) is 16.5. The topological polar surface area (TPSA) is 88.2 Å². The lowest BCUT2D eigenvalue weighted by molar-refractivity contribution is 0.0955. The van der Waals surface area contributed by atoms with Crippen LogP contribution in [0.3, 0.4) is 0 Å². The molecule has 0 radical (unpaired) electrons. The highest BCUT2D eigenvalue weighted by molar-refractivity contribution is 7.92. The summed E-state index contributed by atoms with van der Waals surface area (Å²) in [6.07, 6.45) is 1.68. The second-order valence-electron chi connectivity index (χ2n) is 4.78. The van der Waals surface area contributed by atoms with Crippen molar-refractivity contribution in [1.82, 2.24) is 10.3 Å². The highest BCUT2D eigenvalue weighted by atomic mass is 32.2. The predicted molar refractivity (Wildman–Crippen MR) is 87.8 cm³/mol. The number of amides is 1. The largest absolute Gasteiger partial charge is 0.352 e. The van der Waals surface area contributed by atoms with Gasteiger partial charge >= 0.3 is 0 Å². The molecule has 0 aliphatic rings. The van der Waals surface area contributed by atoms with Gasteiger partial charge in [-0.15, -0.1) is 11.3 Å². The number of thiazole rings is 1. The van der Waals surface area contributed by atoms with E-state index in [1.54, 1.807) is 35.6 Å². The molecule has 1 aromatic heterocycles. The molecule has 0 fully saturated rings. The Hall–Kier alpha value is -1.93. The van der Waals surface area contributed by atoms with Crippen LogP contribution in [0.25, 0.3) is 0 Å². The lowest BCUT2D eigenvalue weighted by atomic mass is 10.1. The molecule has 0 bridgehead atoms. The van der Waals surface area contributed by atoms with E-state index in [4.69, 9.17) is 0 Å². The lowest BCUT2D eigenvalue weighted by Crippen LogP contribution is -2.27. The molecule has 0 unspecified atom stereocenters. The van der Waals surface area contributed by atoms with Crippen molar-refractivity contribution in [2.75, 3.05) is 17.5 Å². The van der Waals surface area contributed by atoms with Gasteiger partial charge in [0.2, 0.25) is 10.0 Å². The number of rotatable bonds is 6. The molecule has 1 aromatic carbocycles. The van der Waals surface area contributed by atoms with E-state index in [0.717, 1.165) is 17.0 Å². The number of aromatic nitrogens is 1. The minimum Gasteiger partial charge on any atom is -0.352 e. The maximum absolute atomic E-state index is 12.2. The smallest absolute Gasteiger partial charge is 0.253 e. The summed E-state index contributed by atoms with van der Waals surface area (Å²) in [6, 6.07) is 6.49. The van der Waals surface area contributed by atoms with Gasteiger partial charge in [-0.3, -0.25) is 9.52 Å². The van der Waals surface area contributed by atoms with E-state index in [9.17, 15) is 13.2 Å². The van der Waals surface area contributed by atoms with Crippen molar-refractivity contribution in [1.29, 1.82) is 0 Å². The molecule has 0 spiro atoms. The highest BCUT2D eigenvalue weighted by Crippen LogP contribution is 2.16. The number of nitrogens with one attached hydrogen (secondary N) is 2. The Kier molecular flexibility index (Phi) is 5.15. The van der Waals surface area contributed by atoms with Crippen LogP contribution in [0.15, 0.2) is 29.6 Å². The van der Waals surface area contributed by atoms with Crippen LogP contribution in [0.1, 0.15) is 21.1 Å². The number of para-hydroxylation sites is 1. The van der Waals surface area contributed by atoms with Crippen LogP contribution >= 0.6 is 11.3 Å². The van der Waals surface area contributed by atoms with E-state index >= 15 is 0 Å². The molecule has 2 rings (SSSR count). The number of nitrogens with zero attached hydrogens (tertiary/aromatic N) is 1. The number of hydrogen-bond acceptors (Lipinski definition) is 5. The zero-order valence-electron chi connectivity index (χ0n) is 12.3. The number of carbonyl (C=O) groups excluding carboxylic acids is 1. The minimum atomic E-state index is -3.43. The molecule has 0 atom stereocenters. The zero-order chi connectivity index (χ0) is 16.2. The van der Waals surface area contributed by atoms with Crippen LogP contribution in [0.5, 0.6) is 0 Å². The SMILES string of the molecule is Cc1nc(CCNC(=O)c2ccccc2NS(C)(=O)=O)cs1. The fraction of sp³-hybridized carbons (Fsp3) is 0.286. The fourth-order valence-corrected chi connectivity index (χ4v) is 3.12. The molecular formula is C14H17N3O3S2. The molecular weight excluding hydrogens is 322 g/mol. The number of anilines is 1. The van der Waals surface area contributed by atoms with Crippen molar-refractivity contribution in [3.8, 4) is 0 Å². The van der Waals surface area contributed by atoms with Crippen molar-refractivity contribution < 1.29 is 13.2 Å². The third kappa shape index (κ3) is 4.81. The first-order chi connectivity index (χ1) is 10.3. The second kappa shape index (κ2) is 6.89. The van der Waals surface area contributed by atoms with Gasteiger partial charge in [-0.1, -0.05) is 12.1 Å². The van der Waals surface area contributed by atoms with Crippen LogP contribution < -0.4 is 10.0 Å². The number of aryl methyl sites for hydroxylation is 1. The summed E-state index contributed by atoms with van der Waals surface area (Å²) in [5.41, 5.74) is 1.50. The Bertz CT molecular complexity index is 769. The lowest BCUT2D eigenvalue weighted by Gasteiger charge is -2.10. The molecule has 0 saturated carbocycles. The molecule has 1 heterocycles. The molecule has 0 saturated heterocycles. The maximum Gasteiger partial charge on any atom is 0.253 e. The van der Waals surface area contributed by atoms with Crippen LogP contribution in [-0.2, 0) is 16.4 Å². The Balaban J connectivity index is 2.00. The third-order valence-electron chi connectivity index (χ3n) is 2.80. The van der Waals surface area contributed by atoms with E-state index in [0.29, 0.717) is 18.5 Å². The third-order valence-corrected chi connectivity index (χ3v) is 4.21. The van der Waals surface area contributed by atoms with Gasteiger partial charge in [0.25, 0.3) is 5.91 Å². The van der Waals surface area contributed by atoms with Gasteiger partial charge in [0.15, 0.2) is 0 Å². The molecule has 22 heavy (non-hydrogen) atoms. The molecule has 2 N–H and O–H groups in total. The van der Waals surface area contributed by atoms with Gasteiger partial charge in [-0.25, -0.2) is 13.4 Å². The van der Waals surface area contributed by atoms with Crippen LogP contribution in [0, 0.1) is 6.92 Å². The van der Waals surface area contributed by atoms with Gasteiger partial charge < -0.3 is 5.32 Å². The molecule has 1 amide bonds. The van der Waals surface area contributed by atoms with Crippen LogP contribution in [-0.4, -0.2) is 32.1 Å². The fourth-order valence-electron chi connectivity index (χ4n) is 1.89. The highest BCUT2D eigenvalue weighted by Gasteiger charge is 2.13. The molecule has 2 aromatic rings. The normalized spacial score (nSPS) is 11.2.